The van der Waals surface area contributed by atoms with Crippen LogP contribution < -0.4 is 11.1 Å². The van der Waals surface area contributed by atoms with Gasteiger partial charge in [-0.05, 0) is 54.0 Å². The summed E-state index contributed by atoms with van der Waals surface area (Å²) in [5.41, 5.74) is 9.14. The molecule has 6 nitrogen and oxygen atoms in total. The fourth-order valence-electron chi connectivity index (χ4n) is 3.71. The highest BCUT2D eigenvalue weighted by atomic mass is 16.1. The van der Waals surface area contributed by atoms with E-state index in [-0.39, 0.29) is 11.4 Å². The Morgan fingerprint density at radius 1 is 1.32 bits per heavy atom. The normalized spacial score (nSPS) is 19.2. The van der Waals surface area contributed by atoms with E-state index in [0.29, 0.717) is 25.6 Å². The predicted molar refractivity (Wildman–Crippen MR) is 101 cm³/mol. The van der Waals surface area contributed by atoms with Crippen molar-refractivity contribution in [3.8, 4) is 0 Å². The van der Waals surface area contributed by atoms with Gasteiger partial charge in [0, 0.05) is 43.4 Å². The molecule has 1 saturated heterocycles. The van der Waals surface area contributed by atoms with Crippen molar-refractivity contribution in [1.82, 2.24) is 20.0 Å². The van der Waals surface area contributed by atoms with Gasteiger partial charge in [-0.3, -0.25) is 14.4 Å². The van der Waals surface area contributed by atoms with Crippen molar-refractivity contribution in [2.45, 2.75) is 78.4 Å². The maximum absolute atomic E-state index is 11.7. The molecule has 3 N–H and O–H groups in total. The summed E-state index contributed by atoms with van der Waals surface area (Å²) in [5, 5.41) is 7.82. The number of nitrogens with two attached hydrogens (primary N) is 1. The molecule has 1 aliphatic heterocycles. The van der Waals surface area contributed by atoms with Gasteiger partial charge in [0.2, 0.25) is 5.91 Å². The molecule has 25 heavy (non-hydrogen) atoms. The summed E-state index contributed by atoms with van der Waals surface area (Å²) in [5.74, 6) is 0.0564. The van der Waals surface area contributed by atoms with Crippen LogP contribution in [0.15, 0.2) is 0 Å². The number of aromatic nitrogens is 2. The highest BCUT2D eigenvalue weighted by Crippen LogP contribution is 2.25. The minimum Gasteiger partial charge on any atom is -0.354 e. The molecule has 2 rings (SSSR count). The van der Waals surface area contributed by atoms with Gasteiger partial charge in [-0.25, -0.2) is 0 Å². The van der Waals surface area contributed by atoms with Gasteiger partial charge in [-0.2, -0.15) is 5.10 Å². The molecule has 0 saturated carbocycles. The number of likely N-dealkylation sites (tertiary alicyclic amines) is 1. The zero-order chi connectivity index (χ0) is 18.6. The van der Waals surface area contributed by atoms with Gasteiger partial charge >= 0.3 is 0 Å². The van der Waals surface area contributed by atoms with Gasteiger partial charge in [0.1, 0.15) is 0 Å². The first-order valence-electron chi connectivity index (χ1n) is 9.50. The highest BCUT2D eigenvalue weighted by Gasteiger charge is 2.26. The largest absolute Gasteiger partial charge is 0.354 e. The summed E-state index contributed by atoms with van der Waals surface area (Å²) in [6.07, 6.45) is 3.99. The SMILES string of the molecule is Cc1nn(C(C)(C)C)c(C)c1CN1CCCCC1CNC(=O)CCN. The molecule has 1 aliphatic rings. The Labute approximate surface area is 152 Å². The predicted octanol–water partition coefficient (Wildman–Crippen LogP) is 2.07. The van der Waals surface area contributed by atoms with Crippen molar-refractivity contribution in [2.75, 3.05) is 19.6 Å². The van der Waals surface area contributed by atoms with E-state index in [1.165, 1.54) is 24.1 Å². The number of amides is 1. The molecule has 142 valence electrons. The zero-order valence-corrected chi connectivity index (χ0v) is 16.6. The summed E-state index contributed by atoms with van der Waals surface area (Å²) in [6, 6.07) is 0.396. The van der Waals surface area contributed by atoms with Crippen LogP contribution in [-0.2, 0) is 16.9 Å². The Kier molecular flexibility index (Phi) is 6.63. The number of carbonyl (C=O) groups excluding carboxylic acids is 1. The molecule has 1 fully saturated rings. The van der Waals surface area contributed by atoms with Crippen molar-refractivity contribution in [3.63, 3.8) is 0 Å². The average Bonchev–Trinajstić information content (AvgIpc) is 2.82. The fourth-order valence-corrected chi connectivity index (χ4v) is 3.71. The highest BCUT2D eigenvalue weighted by molar-refractivity contribution is 5.76. The van der Waals surface area contributed by atoms with Crippen LogP contribution in [-0.4, -0.2) is 46.3 Å². The van der Waals surface area contributed by atoms with Crippen LogP contribution in [0.2, 0.25) is 0 Å². The molecule has 1 atom stereocenters. The van der Waals surface area contributed by atoms with E-state index in [0.717, 1.165) is 25.2 Å². The standard InChI is InChI=1S/C19H35N5O/c1-14-17(15(2)24(22-14)19(3,4)5)13-23-11-7-6-8-16(23)12-21-18(25)9-10-20/h16H,6-13,20H2,1-5H3,(H,21,25). The second kappa shape index (κ2) is 8.32. The van der Waals surface area contributed by atoms with Gasteiger partial charge in [-0.1, -0.05) is 6.42 Å². The number of carbonyl (C=O) groups is 1. The van der Waals surface area contributed by atoms with Crippen LogP contribution in [0.1, 0.15) is 63.4 Å². The van der Waals surface area contributed by atoms with Crippen LogP contribution >= 0.6 is 0 Å². The third kappa shape index (κ3) is 5.05. The number of hydrogen-bond acceptors (Lipinski definition) is 4. The van der Waals surface area contributed by atoms with Gasteiger partial charge < -0.3 is 11.1 Å². The maximum Gasteiger partial charge on any atom is 0.221 e. The summed E-state index contributed by atoms with van der Waals surface area (Å²) < 4.78 is 2.14. The molecule has 2 heterocycles. The van der Waals surface area contributed by atoms with Crippen molar-refractivity contribution in [2.24, 2.45) is 5.73 Å². The summed E-state index contributed by atoms with van der Waals surface area (Å²) in [4.78, 5) is 14.3. The first kappa shape index (κ1) is 19.9. The Morgan fingerprint density at radius 3 is 2.64 bits per heavy atom. The quantitative estimate of drug-likeness (QED) is 0.824. The Morgan fingerprint density at radius 2 is 2.04 bits per heavy atom. The molecular weight excluding hydrogens is 314 g/mol. The monoisotopic (exact) mass is 349 g/mol. The number of nitrogens with zero attached hydrogens (tertiary/aromatic N) is 3. The van der Waals surface area contributed by atoms with Gasteiger partial charge in [0.15, 0.2) is 0 Å². The first-order valence-corrected chi connectivity index (χ1v) is 9.50. The lowest BCUT2D eigenvalue weighted by Crippen LogP contribution is -2.46. The van der Waals surface area contributed by atoms with E-state index < -0.39 is 0 Å². The Bertz CT molecular complexity index is 587. The van der Waals surface area contributed by atoms with Crippen LogP contribution in [0.25, 0.3) is 0 Å². The number of aryl methyl sites for hydroxylation is 1. The number of rotatable bonds is 6. The molecular formula is C19H35N5O. The van der Waals surface area contributed by atoms with Crippen molar-refractivity contribution in [1.29, 1.82) is 0 Å². The molecule has 0 bridgehead atoms. The summed E-state index contributed by atoms with van der Waals surface area (Å²) >= 11 is 0. The lowest BCUT2D eigenvalue weighted by Gasteiger charge is -2.36. The molecule has 0 spiro atoms. The number of piperidine rings is 1. The molecule has 0 aromatic carbocycles. The van der Waals surface area contributed by atoms with Gasteiger partial charge in [0.25, 0.3) is 0 Å². The molecule has 0 radical (unpaired) electrons. The first-order chi connectivity index (χ1) is 11.7. The van der Waals surface area contributed by atoms with Crippen molar-refractivity contribution < 1.29 is 4.79 Å². The smallest absolute Gasteiger partial charge is 0.221 e. The Hall–Kier alpha value is -1.40. The van der Waals surface area contributed by atoms with E-state index in [4.69, 9.17) is 10.8 Å². The fraction of sp³-hybridized carbons (Fsp3) is 0.789. The molecule has 1 aromatic heterocycles. The number of nitrogens with one attached hydrogen (secondary N) is 1. The average molecular weight is 350 g/mol. The third-order valence-corrected chi connectivity index (χ3v) is 5.09. The molecule has 1 amide bonds. The molecule has 1 unspecified atom stereocenters. The second-order valence-corrected chi connectivity index (χ2v) is 8.19. The van der Waals surface area contributed by atoms with E-state index in [1.807, 2.05) is 0 Å². The van der Waals surface area contributed by atoms with E-state index in [9.17, 15) is 4.79 Å². The van der Waals surface area contributed by atoms with Crippen molar-refractivity contribution in [3.05, 3.63) is 17.0 Å². The summed E-state index contributed by atoms with van der Waals surface area (Å²) in [7, 11) is 0. The van der Waals surface area contributed by atoms with Gasteiger partial charge in [-0.15, -0.1) is 0 Å². The van der Waals surface area contributed by atoms with E-state index in [1.54, 1.807) is 0 Å². The van der Waals surface area contributed by atoms with E-state index in [2.05, 4.69) is 49.5 Å². The molecule has 1 aromatic rings. The Balaban J connectivity index is 2.09. The lowest BCUT2D eigenvalue weighted by atomic mass is 10.0. The van der Waals surface area contributed by atoms with Crippen LogP contribution in [0, 0.1) is 13.8 Å². The van der Waals surface area contributed by atoms with Crippen LogP contribution in [0.5, 0.6) is 0 Å². The molecule has 6 heteroatoms. The topological polar surface area (TPSA) is 76.2 Å². The van der Waals surface area contributed by atoms with Crippen LogP contribution in [0.3, 0.4) is 0 Å². The third-order valence-electron chi connectivity index (χ3n) is 5.09. The van der Waals surface area contributed by atoms with E-state index >= 15 is 0 Å². The van der Waals surface area contributed by atoms with Crippen molar-refractivity contribution >= 4 is 5.91 Å². The zero-order valence-electron chi connectivity index (χ0n) is 16.6. The lowest BCUT2D eigenvalue weighted by molar-refractivity contribution is -0.121. The second-order valence-electron chi connectivity index (χ2n) is 8.19. The summed E-state index contributed by atoms with van der Waals surface area (Å²) in [6.45, 7) is 13.9. The minimum atomic E-state index is -0.00933. The molecule has 0 aliphatic carbocycles. The maximum atomic E-state index is 11.7. The minimum absolute atomic E-state index is 0.00933. The van der Waals surface area contributed by atoms with Crippen LogP contribution in [0.4, 0.5) is 0 Å². The number of hydrogen-bond donors (Lipinski definition) is 2. The van der Waals surface area contributed by atoms with Gasteiger partial charge in [0.05, 0.1) is 11.2 Å².